The largest absolute Gasteiger partial charge is 0.493 e. The maximum atomic E-state index is 5.66. The highest BCUT2D eigenvalue weighted by Crippen LogP contribution is 2.13. The average molecular weight is 211 g/mol. The van der Waals surface area contributed by atoms with Crippen LogP contribution >= 0.6 is 0 Å². The van der Waals surface area contributed by atoms with Gasteiger partial charge >= 0.3 is 0 Å². The van der Waals surface area contributed by atoms with E-state index in [1.165, 1.54) is 0 Å². The fraction of sp³-hybridized carbons (Fsp3) is 0.538. The van der Waals surface area contributed by atoms with E-state index in [1.807, 2.05) is 33.8 Å². The molecule has 0 aromatic heterocycles. The number of ether oxygens (including phenoxy) is 1. The van der Waals surface area contributed by atoms with Crippen LogP contribution in [0, 0.1) is 0 Å². The van der Waals surface area contributed by atoms with Gasteiger partial charge in [0, 0.05) is 11.3 Å². The minimum absolute atomic E-state index is 0.713. The van der Waals surface area contributed by atoms with Gasteiger partial charge in [-0.2, -0.15) is 0 Å². The minimum Gasteiger partial charge on any atom is -0.493 e. The zero-order valence-corrected chi connectivity index (χ0v) is 10.8. The number of hydrogen-bond acceptors (Lipinski definition) is 2. The fourth-order valence-electron chi connectivity index (χ4n) is 0.795. The number of nitrogens with two attached hydrogens (primary N) is 1. The molecule has 2 heteroatoms. The molecule has 0 aliphatic heterocycles. The summed E-state index contributed by atoms with van der Waals surface area (Å²) in [5, 5.41) is 0. The maximum Gasteiger partial charge on any atom is 0.123 e. The summed E-state index contributed by atoms with van der Waals surface area (Å²) >= 11 is 0. The van der Waals surface area contributed by atoms with Crippen LogP contribution in [0.4, 0.5) is 0 Å². The molecule has 0 aromatic carbocycles. The summed E-state index contributed by atoms with van der Waals surface area (Å²) < 4.78 is 5.51. The van der Waals surface area contributed by atoms with Gasteiger partial charge in [0.25, 0.3) is 0 Å². The van der Waals surface area contributed by atoms with Gasteiger partial charge in [-0.05, 0) is 26.3 Å². The predicted molar refractivity (Wildman–Crippen MR) is 68.4 cm³/mol. The molecule has 0 aliphatic rings. The van der Waals surface area contributed by atoms with Crippen LogP contribution in [0.15, 0.2) is 35.8 Å². The van der Waals surface area contributed by atoms with Gasteiger partial charge in [-0.25, -0.2) is 0 Å². The summed E-state index contributed by atoms with van der Waals surface area (Å²) in [4.78, 5) is 0. The number of rotatable bonds is 5. The first-order valence-corrected chi connectivity index (χ1v) is 5.52. The standard InChI is InChI=1S/C11H19NO.C2H6/c1-5-7-11(13-8-6-2)9(3)10(4)12;1-2/h5,7H,1,6,8,12H2,2-4H3;1-2H3/b10-9+,11-7+;. The molecule has 15 heavy (non-hydrogen) atoms. The zero-order chi connectivity index (χ0) is 12.3. The molecule has 0 atom stereocenters. The smallest absolute Gasteiger partial charge is 0.123 e. The van der Waals surface area contributed by atoms with Crippen LogP contribution in [-0.4, -0.2) is 6.61 Å². The lowest BCUT2D eigenvalue weighted by Crippen LogP contribution is -2.02. The van der Waals surface area contributed by atoms with Crippen LogP contribution in [0.5, 0.6) is 0 Å². The van der Waals surface area contributed by atoms with Crippen molar-refractivity contribution in [2.75, 3.05) is 6.61 Å². The van der Waals surface area contributed by atoms with Crippen molar-refractivity contribution in [1.82, 2.24) is 0 Å². The molecule has 88 valence electrons. The highest BCUT2D eigenvalue weighted by atomic mass is 16.5. The zero-order valence-electron chi connectivity index (χ0n) is 10.8. The van der Waals surface area contributed by atoms with Gasteiger partial charge in [0.1, 0.15) is 5.76 Å². The van der Waals surface area contributed by atoms with E-state index in [0.29, 0.717) is 6.61 Å². The third-order valence-corrected chi connectivity index (χ3v) is 1.69. The molecule has 0 saturated heterocycles. The van der Waals surface area contributed by atoms with Crippen molar-refractivity contribution in [3.63, 3.8) is 0 Å². The topological polar surface area (TPSA) is 35.2 Å². The summed E-state index contributed by atoms with van der Waals surface area (Å²) in [6.45, 7) is 14.2. The Morgan fingerprint density at radius 2 is 1.87 bits per heavy atom. The van der Waals surface area contributed by atoms with E-state index in [4.69, 9.17) is 10.5 Å². The SMILES string of the molecule is C=C/C=C(OCCC)\C(C)=C(/C)N.CC. The van der Waals surface area contributed by atoms with Gasteiger partial charge in [0.05, 0.1) is 6.61 Å². The van der Waals surface area contributed by atoms with Crippen LogP contribution in [0.2, 0.25) is 0 Å². The molecule has 0 aromatic rings. The van der Waals surface area contributed by atoms with Crippen molar-refractivity contribution >= 4 is 0 Å². The lowest BCUT2D eigenvalue weighted by Gasteiger charge is -2.10. The molecule has 0 amide bonds. The van der Waals surface area contributed by atoms with Gasteiger partial charge < -0.3 is 10.5 Å². The Morgan fingerprint density at radius 1 is 1.33 bits per heavy atom. The number of hydrogen-bond donors (Lipinski definition) is 1. The lowest BCUT2D eigenvalue weighted by molar-refractivity contribution is 0.220. The first-order chi connectivity index (χ1) is 7.13. The van der Waals surface area contributed by atoms with Crippen molar-refractivity contribution in [2.24, 2.45) is 5.73 Å². The molecule has 0 spiro atoms. The third-order valence-electron chi connectivity index (χ3n) is 1.69. The van der Waals surface area contributed by atoms with Crippen molar-refractivity contribution in [1.29, 1.82) is 0 Å². The van der Waals surface area contributed by atoms with E-state index in [2.05, 4.69) is 13.5 Å². The lowest BCUT2D eigenvalue weighted by atomic mass is 10.2. The molecule has 0 bridgehead atoms. The monoisotopic (exact) mass is 211 g/mol. The molecule has 0 rings (SSSR count). The second kappa shape index (κ2) is 10.9. The Balaban J connectivity index is 0. The first-order valence-electron chi connectivity index (χ1n) is 5.52. The van der Waals surface area contributed by atoms with Crippen molar-refractivity contribution in [2.45, 2.75) is 41.0 Å². The molecule has 2 N–H and O–H groups in total. The van der Waals surface area contributed by atoms with Gasteiger partial charge in [0.15, 0.2) is 0 Å². The van der Waals surface area contributed by atoms with Crippen molar-refractivity contribution in [3.05, 3.63) is 35.8 Å². The average Bonchev–Trinajstić information content (AvgIpc) is 2.26. The van der Waals surface area contributed by atoms with E-state index in [0.717, 1.165) is 23.5 Å². The Kier molecular flexibility index (Phi) is 11.8. The summed E-state index contributed by atoms with van der Waals surface area (Å²) in [5.74, 6) is 0.817. The normalized spacial score (nSPS) is 12.2. The predicted octanol–water partition coefficient (Wildman–Crippen LogP) is 3.76. The van der Waals surface area contributed by atoms with Gasteiger partial charge in [-0.1, -0.05) is 33.4 Å². The van der Waals surface area contributed by atoms with Crippen molar-refractivity contribution in [3.8, 4) is 0 Å². The summed E-state index contributed by atoms with van der Waals surface area (Å²) in [5.41, 5.74) is 7.42. The minimum atomic E-state index is 0.713. The Bertz CT molecular complexity index is 223. The molecule has 0 saturated carbocycles. The van der Waals surface area contributed by atoms with E-state index < -0.39 is 0 Å². The third kappa shape index (κ3) is 7.86. The Morgan fingerprint density at radius 3 is 2.20 bits per heavy atom. The molecule has 2 nitrogen and oxygen atoms in total. The van der Waals surface area contributed by atoms with Gasteiger partial charge in [-0.15, -0.1) is 0 Å². The molecule has 0 fully saturated rings. The highest BCUT2D eigenvalue weighted by Gasteiger charge is 2.01. The van der Waals surface area contributed by atoms with E-state index in [-0.39, 0.29) is 0 Å². The summed E-state index contributed by atoms with van der Waals surface area (Å²) in [6, 6.07) is 0. The van der Waals surface area contributed by atoms with E-state index in [1.54, 1.807) is 6.08 Å². The highest BCUT2D eigenvalue weighted by molar-refractivity contribution is 5.29. The molecule has 0 heterocycles. The molecular formula is C13H25NO. The van der Waals surface area contributed by atoms with E-state index >= 15 is 0 Å². The van der Waals surface area contributed by atoms with Crippen LogP contribution in [0.1, 0.15) is 41.0 Å². The summed E-state index contributed by atoms with van der Waals surface area (Å²) in [7, 11) is 0. The summed E-state index contributed by atoms with van der Waals surface area (Å²) in [6.07, 6.45) is 4.53. The van der Waals surface area contributed by atoms with Crippen molar-refractivity contribution < 1.29 is 4.74 Å². The Hall–Kier alpha value is -1.18. The second-order valence-electron chi connectivity index (χ2n) is 2.92. The van der Waals surface area contributed by atoms with Crippen LogP contribution in [0.25, 0.3) is 0 Å². The fourth-order valence-corrected chi connectivity index (χ4v) is 0.795. The molecule has 0 unspecified atom stereocenters. The van der Waals surface area contributed by atoms with Crippen LogP contribution < -0.4 is 5.73 Å². The van der Waals surface area contributed by atoms with Gasteiger partial charge in [0.2, 0.25) is 0 Å². The second-order valence-corrected chi connectivity index (χ2v) is 2.92. The van der Waals surface area contributed by atoms with Crippen LogP contribution in [0.3, 0.4) is 0 Å². The van der Waals surface area contributed by atoms with E-state index in [9.17, 15) is 0 Å². The maximum absolute atomic E-state index is 5.66. The molecule has 0 aliphatic carbocycles. The molecule has 0 radical (unpaired) electrons. The molecular weight excluding hydrogens is 186 g/mol. The quantitative estimate of drug-likeness (QED) is 0.555. The van der Waals surface area contributed by atoms with Gasteiger partial charge in [-0.3, -0.25) is 0 Å². The number of allylic oxidation sites excluding steroid dienone is 4. The Labute approximate surface area is 94.5 Å². The first kappa shape index (κ1) is 16.3. The van der Waals surface area contributed by atoms with Crippen LogP contribution in [-0.2, 0) is 4.74 Å².